The molecule has 2 amide bonds. The summed E-state index contributed by atoms with van der Waals surface area (Å²) in [6, 6.07) is 9.05. The summed E-state index contributed by atoms with van der Waals surface area (Å²) in [5.74, 6) is -0.179. The van der Waals surface area contributed by atoms with E-state index in [-0.39, 0.29) is 35.7 Å². The molecule has 1 fully saturated rings. The van der Waals surface area contributed by atoms with E-state index in [0.29, 0.717) is 22.6 Å². The molecule has 2 heterocycles. The lowest BCUT2D eigenvalue weighted by atomic mass is 9.78. The molecule has 0 radical (unpaired) electrons. The van der Waals surface area contributed by atoms with Gasteiger partial charge in [-0.1, -0.05) is 12.1 Å². The molecule has 1 aliphatic heterocycles. The molecular weight excluding hydrogens is 509 g/mol. The fraction of sp³-hybridized carbons (Fsp3) is 0.429. The molecule has 1 aliphatic carbocycles. The zero-order valence-electron chi connectivity index (χ0n) is 22.3. The van der Waals surface area contributed by atoms with Crippen LogP contribution in [0.3, 0.4) is 0 Å². The van der Waals surface area contributed by atoms with E-state index < -0.39 is 23.7 Å². The normalized spacial score (nSPS) is 17.1. The number of anilines is 1. The Bertz CT molecular complexity index is 1430. The van der Waals surface area contributed by atoms with Gasteiger partial charge in [0.25, 0.3) is 5.91 Å². The first kappa shape index (κ1) is 26.9. The summed E-state index contributed by atoms with van der Waals surface area (Å²) in [4.78, 5) is 28.7. The Morgan fingerprint density at radius 2 is 1.97 bits per heavy atom. The van der Waals surface area contributed by atoms with Gasteiger partial charge in [-0.2, -0.15) is 13.2 Å². The first-order valence-corrected chi connectivity index (χ1v) is 12.8. The van der Waals surface area contributed by atoms with Crippen LogP contribution in [0.25, 0.3) is 0 Å². The zero-order valence-corrected chi connectivity index (χ0v) is 22.3. The van der Waals surface area contributed by atoms with Gasteiger partial charge in [-0.05, 0) is 67.1 Å². The van der Waals surface area contributed by atoms with Crippen LogP contribution in [0, 0.1) is 0 Å². The Labute approximate surface area is 224 Å². The molecule has 11 heteroatoms. The average Bonchev–Trinajstić information content (AvgIpc) is 3.43. The van der Waals surface area contributed by atoms with Gasteiger partial charge < -0.3 is 19.7 Å². The number of carbonyl (C=O) groups excluding carboxylic acids is 2. The van der Waals surface area contributed by atoms with Crippen LogP contribution in [0.4, 0.5) is 18.9 Å². The molecule has 0 spiro atoms. The predicted octanol–water partition coefficient (Wildman–Crippen LogP) is 4.59. The number of nitrogens with zero attached hydrogens (tertiary/aromatic N) is 5. The summed E-state index contributed by atoms with van der Waals surface area (Å²) in [5, 5.41) is 11.5. The number of benzene rings is 2. The molecule has 1 N–H and O–H groups in total. The van der Waals surface area contributed by atoms with Crippen molar-refractivity contribution in [3.05, 3.63) is 76.4 Å². The fourth-order valence-corrected chi connectivity index (χ4v) is 5.36. The van der Waals surface area contributed by atoms with Crippen molar-refractivity contribution in [2.45, 2.75) is 64.0 Å². The first-order chi connectivity index (χ1) is 18.4. The van der Waals surface area contributed by atoms with Gasteiger partial charge in [0, 0.05) is 44.4 Å². The summed E-state index contributed by atoms with van der Waals surface area (Å²) in [6.07, 6.45) is -0.0351. The SMILES string of the molecule is CC(=O)N(C)[C@@H](c1cccc(N2Cc3c(cc(CNC4(C)CCC4)cc3C(F)(F)F)C2=O)c1)c1nncn1C. The van der Waals surface area contributed by atoms with Gasteiger partial charge in [-0.25, -0.2) is 0 Å². The summed E-state index contributed by atoms with van der Waals surface area (Å²) in [5.41, 5.74) is 0.700. The zero-order chi connectivity index (χ0) is 28.1. The molecule has 0 bridgehead atoms. The Kier molecular flexibility index (Phi) is 6.74. The lowest BCUT2D eigenvalue weighted by Gasteiger charge is -2.39. The Hall–Kier alpha value is -3.73. The van der Waals surface area contributed by atoms with E-state index in [9.17, 15) is 22.8 Å². The number of hydrogen-bond acceptors (Lipinski definition) is 5. The van der Waals surface area contributed by atoms with E-state index in [2.05, 4.69) is 22.4 Å². The van der Waals surface area contributed by atoms with E-state index in [1.54, 1.807) is 49.0 Å². The minimum absolute atomic E-state index is 0.0257. The Morgan fingerprint density at radius 1 is 1.23 bits per heavy atom. The monoisotopic (exact) mass is 540 g/mol. The Morgan fingerprint density at radius 3 is 2.56 bits per heavy atom. The minimum atomic E-state index is -4.60. The minimum Gasteiger partial charge on any atom is -0.332 e. The third kappa shape index (κ3) is 5.03. The number of carbonyl (C=O) groups is 2. The number of nitrogens with one attached hydrogen (secondary N) is 1. The molecule has 1 aromatic heterocycles. The van der Waals surface area contributed by atoms with Crippen LogP contribution in [0.2, 0.25) is 0 Å². The molecule has 0 saturated heterocycles. The van der Waals surface area contributed by atoms with Crippen LogP contribution in [0.15, 0.2) is 42.7 Å². The predicted molar refractivity (Wildman–Crippen MR) is 139 cm³/mol. The summed E-state index contributed by atoms with van der Waals surface area (Å²) in [6.45, 7) is 3.55. The van der Waals surface area contributed by atoms with Crippen LogP contribution in [0.1, 0.15) is 77.6 Å². The van der Waals surface area contributed by atoms with Crippen molar-refractivity contribution in [2.24, 2.45) is 7.05 Å². The number of amides is 2. The van der Waals surface area contributed by atoms with Gasteiger partial charge >= 0.3 is 6.18 Å². The molecule has 5 rings (SSSR count). The number of fused-ring (bicyclic) bond motifs is 1. The molecule has 1 saturated carbocycles. The third-order valence-electron chi connectivity index (χ3n) is 7.96. The van der Waals surface area contributed by atoms with E-state index in [0.717, 1.165) is 25.3 Å². The maximum Gasteiger partial charge on any atom is 0.416 e. The van der Waals surface area contributed by atoms with Gasteiger partial charge in [0.05, 0.1) is 12.1 Å². The molecule has 8 nitrogen and oxygen atoms in total. The summed E-state index contributed by atoms with van der Waals surface area (Å²) >= 11 is 0. The topological polar surface area (TPSA) is 83.4 Å². The Balaban J connectivity index is 1.50. The second-order valence-electron chi connectivity index (χ2n) is 10.8. The van der Waals surface area contributed by atoms with Crippen molar-refractivity contribution in [3.63, 3.8) is 0 Å². The van der Waals surface area contributed by atoms with E-state index in [1.165, 1.54) is 23.1 Å². The number of hydrogen-bond donors (Lipinski definition) is 1. The van der Waals surface area contributed by atoms with Gasteiger partial charge in [-0.15, -0.1) is 10.2 Å². The summed E-state index contributed by atoms with van der Waals surface area (Å²) < 4.78 is 44.2. The maximum absolute atomic E-state index is 14.2. The number of rotatable bonds is 7. The quantitative estimate of drug-likeness (QED) is 0.474. The lowest BCUT2D eigenvalue weighted by molar-refractivity contribution is -0.138. The van der Waals surface area contributed by atoms with Crippen molar-refractivity contribution in [1.29, 1.82) is 0 Å². The molecule has 39 heavy (non-hydrogen) atoms. The molecule has 206 valence electrons. The highest BCUT2D eigenvalue weighted by Crippen LogP contribution is 2.40. The average molecular weight is 541 g/mol. The van der Waals surface area contributed by atoms with Crippen LogP contribution in [0.5, 0.6) is 0 Å². The second kappa shape index (κ2) is 9.78. The summed E-state index contributed by atoms with van der Waals surface area (Å²) in [7, 11) is 3.40. The molecular formula is C28H31F3N6O2. The van der Waals surface area contributed by atoms with Gasteiger partial charge in [0.15, 0.2) is 5.82 Å². The van der Waals surface area contributed by atoms with Crippen molar-refractivity contribution in [2.75, 3.05) is 11.9 Å². The molecule has 3 aromatic rings. The van der Waals surface area contributed by atoms with Crippen molar-refractivity contribution in [3.8, 4) is 0 Å². The standard InChI is InChI=1S/C28H31F3N6O2/c1-17(38)36(4)24(25-34-33-16-35(25)3)19-7-5-8-20(13-19)37-15-22-21(26(37)39)11-18(12-23(22)28(29,30)31)14-32-27(2)9-6-10-27/h5,7-8,11-13,16,24,32H,6,9-10,14-15H2,1-4H3/t24-/m0/s1. The van der Waals surface area contributed by atoms with Crippen molar-refractivity contribution >= 4 is 17.5 Å². The van der Waals surface area contributed by atoms with Crippen LogP contribution in [-0.4, -0.2) is 44.1 Å². The van der Waals surface area contributed by atoms with Crippen LogP contribution >= 0.6 is 0 Å². The first-order valence-electron chi connectivity index (χ1n) is 12.8. The molecule has 1 atom stereocenters. The molecule has 0 unspecified atom stereocenters. The third-order valence-corrected chi connectivity index (χ3v) is 7.96. The number of alkyl halides is 3. The van der Waals surface area contributed by atoms with E-state index >= 15 is 0 Å². The largest absolute Gasteiger partial charge is 0.416 e. The second-order valence-corrected chi connectivity index (χ2v) is 10.8. The van der Waals surface area contributed by atoms with Crippen molar-refractivity contribution < 1.29 is 22.8 Å². The van der Waals surface area contributed by atoms with E-state index in [1.807, 2.05) is 0 Å². The van der Waals surface area contributed by atoms with Gasteiger partial charge in [-0.3, -0.25) is 9.59 Å². The van der Waals surface area contributed by atoms with Crippen molar-refractivity contribution in [1.82, 2.24) is 25.0 Å². The van der Waals surface area contributed by atoms with E-state index in [4.69, 9.17) is 0 Å². The molecule has 2 aliphatic rings. The highest BCUT2D eigenvalue weighted by atomic mass is 19.4. The maximum atomic E-state index is 14.2. The van der Waals surface area contributed by atoms with Crippen LogP contribution in [-0.2, 0) is 31.1 Å². The lowest BCUT2D eigenvalue weighted by Crippen LogP contribution is -2.47. The fourth-order valence-electron chi connectivity index (χ4n) is 5.36. The number of aryl methyl sites for hydroxylation is 1. The number of halogens is 3. The number of aromatic nitrogens is 3. The van der Waals surface area contributed by atoms with Gasteiger partial charge in [0.2, 0.25) is 5.91 Å². The highest BCUT2D eigenvalue weighted by Gasteiger charge is 2.41. The highest BCUT2D eigenvalue weighted by molar-refractivity contribution is 6.10. The van der Waals surface area contributed by atoms with Crippen LogP contribution < -0.4 is 10.2 Å². The smallest absolute Gasteiger partial charge is 0.332 e. The van der Waals surface area contributed by atoms with Gasteiger partial charge in [0.1, 0.15) is 12.4 Å². The molecule has 2 aromatic carbocycles.